The zero-order valence-electron chi connectivity index (χ0n) is 18.5. The van der Waals surface area contributed by atoms with Crippen LogP contribution in [-0.4, -0.2) is 23.1 Å². The number of carbonyl (C=O) groups is 4. The Morgan fingerprint density at radius 1 is 0.676 bits per heavy atom. The van der Waals surface area contributed by atoms with Gasteiger partial charge in [0.25, 0.3) is 0 Å². The number of Topliss-reactive ketones (excluding diaryl/α,β-unsaturated/α-hetero) is 4. The van der Waals surface area contributed by atoms with E-state index >= 15 is 0 Å². The van der Waals surface area contributed by atoms with Crippen LogP contribution in [0.1, 0.15) is 67.1 Å². The van der Waals surface area contributed by atoms with E-state index in [-0.39, 0.29) is 28.7 Å². The number of hydrogen-bond donors (Lipinski definition) is 0. The lowest BCUT2D eigenvalue weighted by atomic mass is 9.76. The first kappa shape index (κ1) is 20.7. The van der Waals surface area contributed by atoms with Gasteiger partial charge in [0.1, 0.15) is 5.92 Å². The van der Waals surface area contributed by atoms with Crippen LogP contribution < -0.4 is 0 Å². The molecule has 0 spiro atoms. The van der Waals surface area contributed by atoms with Gasteiger partial charge in [0.2, 0.25) is 0 Å². The Morgan fingerprint density at radius 3 is 1.85 bits per heavy atom. The molecule has 2 aromatic rings. The molecule has 1 unspecified atom stereocenters. The number of fused-ring (bicyclic) bond motifs is 3. The molecular weight excluding hydrogens is 424 g/mol. The quantitative estimate of drug-likeness (QED) is 0.339. The number of hydrogen-bond acceptors (Lipinski definition) is 4. The van der Waals surface area contributed by atoms with Crippen molar-refractivity contribution in [2.75, 3.05) is 0 Å². The lowest BCUT2D eigenvalue weighted by Crippen LogP contribution is -2.16. The van der Waals surface area contributed by atoms with Gasteiger partial charge >= 0.3 is 0 Å². The van der Waals surface area contributed by atoms with Crippen LogP contribution in [0.3, 0.4) is 0 Å². The third-order valence-corrected chi connectivity index (χ3v) is 7.38. The van der Waals surface area contributed by atoms with Gasteiger partial charge in [-0.2, -0.15) is 0 Å². The van der Waals surface area contributed by atoms with Crippen molar-refractivity contribution >= 4 is 23.1 Å². The molecule has 0 saturated heterocycles. The fourth-order valence-corrected chi connectivity index (χ4v) is 5.58. The van der Waals surface area contributed by atoms with Gasteiger partial charge in [-0.3, -0.25) is 19.2 Å². The Labute approximate surface area is 197 Å². The molecule has 0 bridgehead atoms. The van der Waals surface area contributed by atoms with Crippen molar-refractivity contribution in [1.29, 1.82) is 0 Å². The number of rotatable bonds is 2. The van der Waals surface area contributed by atoms with Crippen molar-refractivity contribution < 1.29 is 19.2 Å². The molecule has 0 amide bonds. The Hall–Kier alpha value is -3.92. The summed E-state index contributed by atoms with van der Waals surface area (Å²) in [5, 5.41) is 0. The summed E-state index contributed by atoms with van der Waals surface area (Å²) in [5.74, 6) is -1.01. The van der Waals surface area contributed by atoms with Crippen LogP contribution in [0.25, 0.3) is 0 Å². The van der Waals surface area contributed by atoms with Crippen molar-refractivity contribution in [3.8, 4) is 0 Å². The third-order valence-electron chi connectivity index (χ3n) is 7.38. The highest BCUT2D eigenvalue weighted by atomic mass is 16.2. The minimum Gasteiger partial charge on any atom is -0.293 e. The Morgan fingerprint density at radius 2 is 1.24 bits per heavy atom. The normalized spacial score (nSPS) is 23.0. The van der Waals surface area contributed by atoms with E-state index in [1.165, 1.54) is 0 Å². The van der Waals surface area contributed by atoms with E-state index in [4.69, 9.17) is 0 Å². The highest BCUT2D eigenvalue weighted by Crippen LogP contribution is 2.39. The first-order chi connectivity index (χ1) is 16.5. The smallest absolute Gasteiger partial charge is 0.197 e. The monoisotopic (exact) mass is 446 g/mol. The van der Waals surface area contributed by atoms with Crippen LogP contribution in [-0.2, 0) is 0 Å². The Kier molecular flexibility index (Phi) is 4.77. The van der Waals surface area contributed by atoms with E-state index in [9.17, 15) is 19.2 Å². The Balaban J connectivity index is 1.30. The van der Waals surface area contributed by atoms with Crippen LogP contribution in [0, 0.1) is 11.8 Å². The average molecular weight is 447 g/mol. The molecule has 6 rings (SSSR count). The van der Waals surface area contributed by atoms with Gasteiger partial charge in [-0.05, 0) is 48.8 Å². The first-order valence-corrected chi connectivity index (χ1v) is 11.7. The van der Waals surface area contributed by atoms with Crippen LogP contribution >= 0.6 is 0 Å². The summed E-state index contributed by atoms with van der Waals surface area (Å²) in [5.41, 5.74) is 5.30. The predicted octanol–water partition coefficient (Wildman–Crippen LogP) is 5.67. The summed E-state index contributed by atoms with van der Waals surface area (Å²) in [7, 11) is 0. The topological polar surface area (TPSA) is 68.3 Å². The zero-order valence-corrected chi connectivity index (χ0v) is 18.5. The van der Waals surface area contributed by atoms with Gasteiger partial charge in [-0.15, -0.1) is 0 Å². The molecule has 0 aromatic heterocycles. The van der Waals surface area contributed by atoms with Crippen molar-refractivity contribution in [3.63, 3.8) is 0 Å². The van der Waals surface area contributed by atoms with Gasteiger partial charge in [0.15, 0.2) is 23.1 Å². The molecule has 1 atom stereocenters. The number of carbonyl (C=O) groups excluding carboxylic acids is 4. The van der Waals surface area contributed by atoms with E-state index in [0.717, 1.165) is 42.4 Å². The second-order valence-electron chi connectivity index (χ2n) is 9.39. The second kappa shape index (κ2) is 7.84. The third kappa shape index (κ3) is 3.21. The standard InChI is InChI=1S/C30H22O4/c31-27-21-5-1-2-6-22(21)28(32)25(27)15-17-9-11-19-12-10-18(14-20(19)13-17)16-26-29(33)23-7-3-4-8-24(23)30(26)34/h1-8,13-16,19,25H,9-12H2. The molecule has 4 heteroatoms. The van der Waals surface area contributed by atoms with Gasteiger partial charge in [0, 0.05) is 22.3 Å². The average Bonchev–Trinajstić information content (AvgIpc) is 3.25. The van der Waals surface area contributed by atoms with E-state index in [0.29, 0.717) is 28.2 Å². The molecule has 4 nitrogen and oxygen atoms in total. The van der Waals surface area contributed by atoms with Crippen LogP contribution in [0.2, 0.25) is 0 Å². The molecule has 166 valence electrons. The largest absolute Gasteiger partial charge is 0.293 e. The van der Waals surface area contributed by atoms with Crippen LogP contribution in [0.15, 0.2) is 95.1 Å². The molecule has 0 fully saturated rings. The second-order valence-corrected chi connectivity index (χ2v) is 9.39. The van der Waals surface area contributed by atoms with Gasteiger partial charge in [-0.25, -0.2) is 0 Å². The molecule has 4 aliphatic rings. The maximum absolute atomic E-state index is 12.8. The molecule has 2 aromatic carbocycles. The van der Waals surface area contributed by atoms with Crippen molar-refractivity contribution in [1.82, 2.24) is 0 Å². The molecule has 0 N–H and O–H groups in total. The zero-order chi connectivity index (χ0) is 23.4. The van der Waals surface area contributed by atoms with Gasteiger partial charge in [-0.1, -0.05) is 72.3 Å². The number of allylic oxidation sites excluding steroid dienone is 8. The summed E-state index contributed by atoms with van der Waals surface area (Å²) < 4.78 is 0. The summed E-state index contributed by atoms with van der Waals surface area (Å²) in [6.45, 7) is 0. The van der Waals surface area contributed by atoms with E-state index in [1.54, 1.807) is 54.6 Å². The van der Waals surface area contributed by atoms with Gasteiger partial charge in [0.05, 0.1) is 5.57 Å². The molecule has 4 aliphatic carbocycles. The molecule has 0 heterocycles. The Bertz CT molecular complexity index is 1360. The lowest BCUT2D eigenvalue weighted by Gasteiger charge is -2.28. The van der Waals surface area contributed by atoms with E-state index in [1.807, 2.05) is 6.08 Å². The molecule has 0 radical (unpaired) electrons. The van der Waals surface area contributed by atoms with E-state index in [2.05, 4.69) is 12.2 Å². The SMILES string of the molecule is O=C1C(=CC2=CC3=CC(=CC4C(=O)c5ccccc5C4=O)CCC3CC2)C(=O)c2ccccc21. The van der Waals surface area contributed by atoms with Crippen LogP contribution in [0.4, 0.5) is 0 Å². The molecule has 0 saturated carbocycles. The minimum absolute atomic E-state index is 0.129. The van der Waals surface area contributed by atoms with Crippen molar-refractivity contribution in [2.24, 2.45) is 11.8 Å². The summed E-state index contributed by atoms with van der Waals surface area (Å²) in [6, 6.07) is 14.0. The lowest BCUT2D eigenvalue weighted by molar-refractivity contribution is 0.0869. The van der Waals surface area contributed by atoms with Crippen molar-refractivity contribution in [2.45, 2.75) is 25.7 Å². The van der Waals surface area contributed by atoms with Crippen molar-refractivity contribution in [3.05, 3.63) is 117 Å². The van der Waals surface area contributed by atoms with Gasteiger partial charge < -0.3 is 0 Å². The number of ketones is 4. The molecule has 0 aliphatic heterocycles. The summed E-state index contributed by atoms with van der Waals surface area (Å²) in [6.07, 6.45) is 11.3. The highest BCUT2D eigenvalue weighted by molar-refractivity contribution is 6.39. The minimum atomic E-state index is -0.748. The summed E-state index contributed by atoms with van der Waals surface area (Å²) in [4.78, 5) is 51.1. The highest BCUT2D eigenvalue weighted by Gasteiger charge is 2.37. The van der Waals surface area contributed by atoms with Crippen LogP contribution in [0.5, 0.6) is 0 Å². The number of benzene rings is 2. The predicted molar refractivity (Wildman–Crippen MR) is 128 cm³/mol. The fourth-order valence-electron chi connectivity index (χ4n) is 5.58. The van der Waals surface area contributed by atoms with E-state index < -0.39 is 5.92 Å². The molecule has 34 heavy (non-hydrogen) atoms. The maximum Gasteiger partial charge on any atom is 0.197 e. The fraction of sp³-hybridized carbons (Fsp3) is 0.200. The maximum atomic E-state index is 12.8. The first-order valence-electron chi connectivity index (χ1n) is 11.7. The molecular formula is C30H22O4. The summed E-state index contributed by atoms with van der Waals surface area (Å²) >= 11 is 0.